The first-order valence-electron chi connectivity index (χ1n) is 14.4. The third-order valence-electron chi connectivity index (χ3n) is 8.58. The predicted molar refractivity (Wildman–Crippen MR) is 163 cm³/mol. The van der Waals surface area contributed by atoms with E-state index in [9.17, 15) is 14.4 Å². The number of benzene rings is 2. The summed E-state index contributed by atoms with van der Waals surface area (Å²) in [5.41, 5.74) is 6.08. The van der Waals surface area contributed by atoms with Crippen molar-refractivity contribution in [3.8, 4) is 5.75 Å². The summed E-state index contributed by atoms with van der Waals surface area (Å²) in [5, 5.41) is 7.04. The number of allylic oxidation sites excluding steroid dienone is 3. The summed E-state index contributed by atoms with van der Waals surface area (Å²) in [6, 6.07) is 17.6. The Balaban J connectivity index is 1.37. The molecule has 42 heavy (non-hydrogen) atoms. The Hall–Kier alpha value is -4.17. The second kappa shape index (κ2) is 11.6. The molecular weight excluding hydrogens is 548 g/mol. The molecule has 2 heterocycles. The van der Waals surface area contributed by atoms with Crippen LogP contribution in [0.1, 0.15) is 76.4 Å². The second-order valence-corrected chi connectivity index (χ2v) is 12.2. The number of esters is 1. The van der Waals surface area contributed by atoms with E-state index < -0.39 is 11.9 Å². The number of rotatable bonds is 6. The number of thiophene rings is 1. The molecule has 3 aliphatic rings. The van der Waals surface area contributed by atoms with Crippen LogP contribution in [0.4, 0.5) is 5.00 Å². The number of Topliss-reactive ketones (excluding diaryl/α,β-unsaturated/α-hetero) is 1. The van der Waals surface area contributed by atoms with Gasteiger partial charge in [-0.15, -0.1) is 11.3 Å². The van der Waals surface area contributed by atoms with Crippen molar-refractivity contribution in [2.45, 2.75) is 57.3 Å². The van der Waals surface area contributed by atoms with Gasteiger partial charge in [0.1, 0.15) is 10.8 Å². The molecule has 2 N–H and O–H groups in total. The number of ether oxygens (including phenoxy) is 2. The van der Waals surface area contributed by atoms with Crippen LogP contribution in [0, 0.1) is 0 Å². The van der Waals surface area contributed by atoms with Crippen molar-refractivity contribution in [2.75, 3.05) is 19.5 Å². The molecule has 0 fully saturated rings. The van der Waals surface area contributed by atoms with Crippen LogP contribution >= 0.6 is 11.3 Å². The maximum Gasteiger partial charge on any atom is 0.341 e. The fourth-order valence-electron chi connectivity index (χ4n) is 6.57. The Morgan fingerprint density at radius 3 is 2.40 bits per heavy atom. The number of carbonyl (C=O) groups excluding carboxylic acids is 3. The van der Waals surface area contributed by atoms with Gasteiger partial charge in [-0.1, -0.05) is 42.5 Å². The van der Waals surface area contributed by atoms with Crippen molar-refractivity contribution in [3.63, 3.8) is 0 Å². The quantitative estimate of drug-likeness (QED) is 0.326. The van der Waals surface area contributed by atoms with Gasteiger partial charge in [0.15, 0.2) is 5.78 Å². The van der Waals surface area contributed by atoms with Crippen LogP contribution in [0.2, 0.25) is 0 Å². The predicted octanol–water partition coefficient (Wildman–Crippen LogP) is 6.42. The van der Waals surface area contributed by atoms with Gasteiger partial charge in [0.25, 0.3) is 5.91 Å². The minimum absolute atomic E-state index is 0.0225. The first-order valence-corrected chi connectivity index (χ1v) is 15.2. The lowest BCUT2D eigenvalue weighted by Crippen LogP contribution is -2.37. The van der Waals surface area contributed by atoms with Crippen molar-refractivity contribution >= 4 is 34.0 Å². The van der Waals surface area contributed by atoms with E-state index in [0.29, 0.717) is 40.2 Å². The van der Waals surface area contributed by atoms with Crippen LogP contribution in [0.3, 0.4) is 0 Å². The average molecular weight is 583 g/mol. The maximum absolute atomic E-state index is 14.2. The van der Waals surface area contributed by atoms with E-state index in [2.05, 4.69) is 10.6 Å². The van der Waals surface area contributed by atoms with Crippen molar-refractivity contribution in [1.29, 1.82) is 0 Å². The number of methoxy groups -OCH3 is 2. The number of carbonyl (C=O) groups is 3. The van der Waals surface area contributed by atoms with Crippen LogP contribution < -0.4 is 15.4 Å². The molecule has 0 saturated carbocycles. The molecule has 1 aromatic heterocycles. The van der Waals surface area contributed by atoms with E-state index in [-0.39, 0.29) is 17.6 Å². The van der Waals surface area contributed by atoms with Crippen LogP contribution in [-0.2, 0) is 27.2 Å². The SMILES string of the molecule is COC(=O)c1c(NC(=O)C2=C(C)NC3=C(C(=O)C[C@@H](c4ccc(OC)cc4)C3)[C@@H]2c2ccccc2)sc2c1CCCC2. The van der Waals surface area contributed by atoms with Gasteiger partial charge in [-0.2, -0.15) is 0 Å². The molecule has 7 nitrogen and oxygen atoms in total. The zero-order chi connectivity index (χ0) is 29.4. The lowest BCUT2D eigenvalue weighted by Gasteiger charge is -2.37. The fraction of sp³-hybridized carbons (Fsp3) is 0.324. The van der Waals surface area contributed by atoms with Gasteiger partial charge in [0, 0.05) is 39.8 Å². The largest absolute Gasteiger partial charge is 0.497 e. The van der Waals surface area contributed by atoms with Crippen molar-refractivity contribution in [1.82, 2.24) is 5.32 Å². The summed E-state index contributed by atoms with van der Waals surface area (Å²) in [7, 11) is 3.00. The minimum atomic E-state index is -0.525. The van der Waals surface area contributed by atoms with Gasteiger partial charge < -0.3 is 20.1 Å². The van der Waals surface area contributed by atoms with E-state index in [1.165, 1.54) is 18.4 Å². The topological polar surface area (TPSA) is 93.7 Å². The second-order valence-electron chi connectivity index (χ2n) is 11.1. The highest BCUT2D eigenvalue weighted by Crippen LogP contribution is 2.46. The first kappa shape index (κ1) is 28.0. The number of ketones is 1. The standard InChI is InChI=1S/C34H34N2O5S/c1-19-28(32(38)36-33-30(34(39)41-3)24-11-7-8-12-27(24)42-33)29(21-9-5-4-6-10-21)31-25(35-19)17-22(18-26(31)37)20-13-15-23(40-2)16-14-20/h4-6,9-10,13-16,22,29,35H,7-8,11-12,17-18H2,1-3H3,(H,36,38)/t22-,29+/m0/s1. The Morgan fingerprint density at radius 2 is 1.69 bits per heavy atom. The molecule has 0 spiro atoms. The summed E-state index contributed by atoms with van der Waals surface area (Å²) >= 11 is 1.46. The molecule has 3 aromatic rings. The molecule has 0 radical (unpaired) electrons. The van der Waals surface area contributed by atoms with Gasteiger partial charge in [-0.3, -0.25) is 9.59 Å². The van der Waals surface area contributed by atoms with Gasteiger partial charge in [0.05, 0.1) is 19.8 Å². The van der Waals surface area contributed by atoms with Gasteiger partial charge in [0.2, 0.25) is 0 Å². The monoisotopic (exact) mass is 582 g/mol. The minimum Gasteiger partial charge on any atom is -0.497 e. The summed E-state index contributed by atoms with van der Waals surface area (Å²) in [4.78, 5) is 42.1. The summed E-state index contributed by atoms with van der Waals surface area (Å²) in [5.74, 6) is -0.463. The van der Waals surface area contributed by atoms with Crippen LogP contribution in [0.15, 0.2) is 77.1 Å². The molecular formula is C34H34N2O5S. The molecule has 0 saturated heterocycles. The van der Waals surface area contributed by atoms with Crippen LogP contribution in [0.5, 0.6) is 5.75 Å². The Labute approximate surface area is 249 Å². The maximum atomic E-state index is 14.2. The Kier molecular flexibility index (Phi) is 7.73. The van der Waals surface area contributed by atoms with Crippen molar-refractivity contribution in [2.24, 2.45) is 0 Å². The molecule has 216 valence electrons. The van der Waals surface area contributed by atoms with E-state index in [4.69, 9.17) is 9.47 Å². The lowest BCUT2D eigenvalue weighted by molar-refractivity contribution is -0.116. The Morgan fingerprint density at radius 1 is 0.952 bits per heavy atom. The first-order chi connectivity index (χ1) is 20.4. The molecule has 1 amide bonds. The van der Waals surface area contributed by atoms with E-state index in [1.54, 1.807) is 7.11 Å². The number of fused-ring (bicyclic) bond motifs is 1. The summed E-state index contributed by atoms with van der Waals surface area (Å²) < 4.78 is 10.4. The average Bonchev–Trinajstić information content (AvgIpc) is 3.38. The lowest BCUT2D eigenvalue weighted by atomic mass is 9.71. The zero-order valence-electron chi connectivity index (χ0n) is 24.0. The van der Waals surface area contributed by atoms with Crippen LogP contribution in [0.25, 0.3) is 0 Å². The van der Waals surface area contributed by atoms with E-state index in [1.807, 2.05) is 61.5 Å². The van der Waals surface area contributed by atoms with E-state index >= 15 is 0 Å². The number of hydrogen-bond donors (Lipinski definition) is 2. The summed E-state index contributed by atoms with van der Waals surface area (Å²) in [6.45, 7) is 1.89. The summed E-state index contributed by atoms with van der Waals surface area (Å²) in [6.07, 6.45) is 4.75. The molecule has 0 unspecified atom stereocenters. The van der Waals surface area contributed by atoms with Gasteiger partial charge in [-0.05, 0) is 73.8 Å². The van der Waals surface area contributed by atoms with Gasteiger partial charge in [-0.25, -0.2) is 4.79 Å². The molecule has 2 atom stereocenters. The fourth-order valence-corrected chi connectivity index (χ4v) is 7.85. The number of anilines is 1. The van der Waals surface area contributed by atoms with E-state index in [0.717, 1.165) is 58.7 Å². The molecule has 2 aromatic carbocycles. The third kappa shape index (κ3) is 5.04. The molecule has 8 heteroatoms. The van der Waals surface area contributed by atoms with Gasteiger partial charge >= 0.3 is 5.97 Å². The number of hydrogen-bond acceptors (Lipinski definition) is 7. The van der Waals surface area contributed by atoms with Crippen molar-refractivity contribution in [3.05, 3.63) is 104 Å². The molecule has 6 rings (SSSR count). The smallest absolute Gasteiger partial charge is 0.341 e. The van der Waals surface area contributed by atoms with Crippen molar-refractivity contribution < 1.29 is 23.9 Å². The zero-order valence-corrected chi connectivity index (χ0v) is 24.9. The van der Waals surface area contributed by atoms with Crippen LogP contribution in [-0.4, -0.2) is 31.9 Å². The molecule has 1 aliphatic heterocycles. The number of dihydropyridines is 1. The highest BCUT2D eigenvalue weighted by molar-refractivity contribution is 7.17. The number of nitrogens with one attached hydrogen (secondary N) is 2. The Bertz CT molecular complexity index is 1620. The highest BCUT2D eigenvalue weighted by atomic mass is 32.1. The molecule has 2 aliphatic carbocycles. The number of aryl methyl sites for hydroxylation is 1. The normalized spacial score (nSPS) is 19.9. The number of amides is 1. The highest BCUT2D eigenvalue weighted by Gasteiger charge is 2.41. The molecule has 0 bridgehead atoms. The third-order valence-corrected chi connectivity index (χ3v) is 9.79.